The van der Waals surface area contributed by atoms with Gasteiger partial charge in [0.1, 0.15) is 0 Å². The summed E-state index contributed by atoms with van der Waals surface area (Å²) in [7, 11) is 0. The SMILES string of the molecule is Cc1ccc(NCC(=O)NCCC2=CCCCC2)cc1Br. The highest BCUT2D eigenvalue weighted by atomic mass is 79.9. The molecule has 3 nitrogen and oxygen atoms in total. The summed E-state index contributed by atoms with van der Waals surface area (Å²) >= 11 is 3.49. The Labute approximate surface area is 135 Å². The predicted molar refractivity (Wildman–Crippen MR) is 91.5 cm³/mol. The minimum Gasteiger partial charge on any atom is -0.376 e. The van der Waals surface area contributed by atoms with Crippen LogP contribution in [0.2, 0.25) is 0 Å². The van der Waals surface area contributed by atoms with Gasteiger partial charge in [0.2, 0.25) is 5.91 Å². The van der Waals surface area contributed by atoms with Crippen LogP contribution in [0.3, 0.4) is 0 Å². The van der Waals surface area contributed by atoms with Crippen LogP contribution in [-0.4, -0.2) is 19.0 Å². The standard InChI is InChI=1S/C17H23BrN2O/c1-13-7-8-15(11-16(13)18)20-12-17(21)19-10-9-14-5-3-2-4-6-14/h5,7-8,11,20H,2-4,6,9-10,12H2,1H3,(H,19,21). The lowest BCUT2D eigenvalue weighted by Gasteiger charge is -2.13. The molecule has 1 aliphatic rings. The maximum absolute atomic E-state index is 11.8. The van der Waals surface area contributed by atoms with E-state index in [1.54, 1.807) is 0 Å². The molecule has 0 unspecified atom stereocenters. The number of rotatable bonds is 6. The Balaban J connectivity index is 1.67. The molecule has 0 aliphatic heterocycles. The number of benzene rings is 1. The Morgan fingerprint density at radius 3 is 2.90 bits per heavy atom. The maximum Gasteiger partial charge on any atom is 0.239 e. The molecule has 1 amide bonds. The number of aryl methyl sites for hydroxylation is 1. The number of allylic oxidation sites excluding steroid dienone is 1. The van der Waals surface area contributed by atoms with Crippen molar-refractivity contribution in [3.63, 3.8) is 0 Å². The first-order valence-corrected chi connectivity index (χ1v) is 8.39. The van der Waals surface area contributed by atoms with E-state index in [0.29, 0.717) is 6.54 Å². The molecule has 0 radical (unpaired) electrons. The number of carbonyl (C=O) groups is 1. The summed E-state index contributed by atoms with van der Waals surface area (Å²) in [6, 6.07) is 6.01. The summed E-state index contributed by atoms with van der Waals surface area (Å²) in [4.78, 5) is 11.8. The lowest BCUT2D eigenvalue weighted by atomic mass is 9.97. The van der Waals surface area contributed by atoms with E-state index in [0.717, 1.165) is 23.1 Å². The number of amides is 1. The molecule has 0 heterocycles. The van der Waals surface area contributed by atoms with Gasteiger partial charge in [-0.25, -0.2) is 0 Å². The lowest BCUT2D eigenvalue weighted by Crippen LogP contribution is -2.30. The fourth-order valence-electron chi connectivity index (χ4n) is 2.44. The van der Waals surface area contributed by atoms with E-state index in [9.17, 15) is 4.79 Å². The molecule has 0 fully saturated rings. The number of halogens is 1. The molecule has 0 saturated carbocycles. The highest BCUT2D eigenvalue weighted by molar-refractivity contribution is 9.10. The van der Waals surface area contributed by atoms with Crippen molar-refractivity contribution >= 4 is 27.5 Å². The van der Waals surface area contributed by atoms with Crippen LogP contribution in [-0.2, 0) is 4.79 Å². The summed E-state index contributed by atoms with van der Waals surface area (Å²) in [5, 5.41) is 6.12. The third-order valence-electron chi connectivity index (χ3n) is 3.78. The second-order valence-corrected chi connectivity index (χ2v) is 6.38. The first kappa shape index (κ1) is 16.1. The van der Waals surface area contributed by atoms with Gasteiger partial charge in [-0.2, -0.15) is 0 Å². The summed E-state index contributed by atoms with van der Waals surface area (Å²) in [5.41, 5.74) is 3.64. The zero-order valence-corrected chi connectivity index (χ0v) is 14.1. The normalized spacial score (nSPS) is 14.5. The molecular weight excluding hydrogens is 328 g/mol. The van der Waals surface area contributed by atoms with E-state index < -0.39 is 0 Å². The number of anilines is 1. The Kier molecular flexibility index (Phi) is 6.30. The Morgan fingerprint density at radius 1 is 1.33 bits per heavy atom. The maximum atomic E-state index is 11.8. The molecule has 0 atom stereocenters. The largest absolute Gasteiger partial charge is 0.376 e. The minimum absolute atomic E-state index is 0.0445. The van der Waals surface area contributed by atoms with Crippen molar-refractivity contribution in [3.8, 4) is 0 Å². The van der Waals surface area contributed by atoms with Crippen molar-refractivity contribution in [2.45, 2.75) is 39.0 Å². The molecule has 21 heavy (non-hydrogen) atoms. The summed E-state index contributed by atoms with van der Waals surface area (Å²) in [5.74, 6) is 0.0445. The van der Waals surface area contributed by atoms with Gasteiger partial charge in [-0.3, -0.25) is 4.79 Å². The number of hydrogen-bond acceptors (Lipinski definition) is 2. The first-order valence-electron chi connectivity index (χ1n) is 7.60. The molecule has 0 spiro atoms. The second-order valence-electron chi connectivity index (χ2n) is 5.53. The van der Waals surface area contributed by atoms with Gasteiger partial charge in [-0.15, -0.1) is 0 Å². The van der Waals surface area contributed by atoms with Crippen molar-refractivity contribution in [1.29, 1.82) is 0 Å². The Bertz CT molecular complexity index is 526. The van der Waals surface area contributed by atoms with Gasteiger partial charge in [0, 0.05) is 16.7 Å². The average Bonchev–Trinajstić information content (AvgIpc) is 2.49. The van der Waals surface area contributed by atoms with Gasteiger partial charge < -0.3 is 10.6 Å². The quantitative estimate of drug-likeness (QED) is 0.755. The highest BCUT2D eigenvalue weighted by Gasteiger charge is 2.05. The van der Waals surface area contributed by atoms with Crippen molar-refractivity contribution in [3.05, 3.63) is 39.9 Å². The van der Waals surface area contributed by atoms with Crippen LogP contribution >= 0.6 is 15.9 Å². The van der Waals surface area contributed by atoms with E-state index in [-0.39, 0.29) is 5.91 Å². The van der Waals surface area contributed by atoms with E-state index in [2.05, 4.69) is 32.6 Å². The molecule has 0 bridgehead atoms. The molecule has 0 aromatic heterocycles. The van der Waals surface area contributed by atoms with Gasteiger partial charge >= 0.3 is 0 Å². The summed E-state index contributed by atoms with van der Waals surface area (Å²) < 4.78 is 1.05. The lowest BCUT2D eigenvalue weighted by molar-refractivity contribution is -0.119. The molecule has 2 N–H and O–H groups in total. The molecule has 0 saturated heterocycles. The van der Waals surface area contributed by atoms with Crippen LogP contribution in [0.4, 0.5) is 5.69 Å². The molecule has 114 valence electrons. The van der Waals surface area contributed by atoms with Crippen LogP contribution < -0.4 is 10.6 Å². The molecule has 4 heteroatoms. The minimum atomic E-state index is 0.0445. The van der Waals surface area contributed by atoms with Gasteiger partial charge in [-0.1, -0.05) is 33.6 Å². The first-order chi connectivity index (χ1) is 10.1. The zero-order chi connectivity index (χ0) is 15.1. The topological polar surface area (TPSA) is 41.1 Å². The molecule has 1 aromatic carbocycles. The highest BCUT2D eigenvalue weighted by Crippen LogP contribution is 2.20. The average molecular weight is 351 g/mol. The van der Waals surface area contributed by atoms with Crippen LogP contribution in [0.1, 0.15) is 37.7 Å². The van der Waals surface area contributed by atoms with Crippen molar-refractivity contribution in [2.24, 2.45) is 0 Å². The van der Waals surface area contributed by atoms with Crippen LogP contribution in [0.5, 0.6) is 0 Å². The monoisotopic (exact) mass is 350 g/mol. The molecular formula is C17H23BrN2O. The number of nitrogens with one attached hydrogen (secondary N) is 2. The molecule has 2 rings (SSSR count). The number of carbonyl (C=O) groups excluding carboxylic acids is 1. The van der Waals surface area contributed by atoms with Gasteiger partial charge in [0.15, 0.2) is 0 Å². The summed E-state index contributed by atoms with van der Waals surface area (Å²) in [6.07, 6.45) is 8.33. The molecule has 1 aromatic rings. The van der Waals surface area contributed by atoms with Crippen LogP contribution in [0, 0.1) is 6.92 Å². The van der Waals surface area contributed by atoms with E-state index in [4.69, 9.17) is 0 Å². The van der Waals surface area contributed by atoms with Crippen LogP contribution in [0.25, 0.3) is 0 Å². The number of hydrogen-bond donors (Lipinski definition) is 2. The summed E-state index contributed by atoms with van der Waals surface area (Å²) in [6.45, 7) is 3.10. The molecule has 1 aliphatic carbocycles. The van der Waals surface area contributed by atoms with Crippen molar-refractivity contribution < 1.29 is 4.79 Å². The second kappa shape index (κ2) is 8.23. The van der Waals surface area contributed by atoms with Gasteiger partial charge in [-0.05, 0) is 56.7 Å². The smallest absolute Gasteiger partial charge is 0.239 e. The zero-order valence-electron chi connectivity index (χ0n) is 12.5. The Hall–Kier alpha value is -1.29. The van der Waals surface area contributed by atoms with E-state index in [1.165, 1.54) is 36.8 Å². The predicted octanol–water partition coefficient (Wildman–Crippen LogP) is 4.18. The van der Waals surface area contributed by atoms with Crippen molar-refractivity contribution in [2.75, 3.05) is 18.4 Å². The third kappa shape index (κ3) is 5.54. The van der Waals surface area contributed by atoms with Crippen LogP contribution in [0.15, 0.2) is 34.3 Å². The fraction of sp³-hybridized carbons (Fsp3) is 0.471. The third-order valence-corrected chi connectivity index (χ3v) is 4.63. The van der Waals surface area contributed by atoms with Crippen molar-refractivity contribution in [1.82, 2.24) is 5.32 Å². The van der Waals surface area contributed by atoms with E-state index in [1.807, 2.05) is 25.1 Å². The van der Waals surface area contributed by atoms with E-state index >= 15 is 0 Å². The fourth-order valence-corrected chi connectivity index (χ4v) is 2.82. The van der Waals surface area contributed by atoms with Gasteiger partial charge in [0.05, 0.1) is 6.54 Å². The Morgan fingerprint density at radius 2 is 2.19 bits per heavy atom. The van der Waals surface area contributed by atoms with Gasteiger partial charge in [0.25, 0.3) is 0 Å².